The average Bonchev–Trinajstić information content (AvgIpc) is 2.48. The fourth-order valence-electron chi connectivity index (χ4n) is 2.01. The number of aryl methyl sites for hydroxylation is 1. The molecule has 0 bridgehead atoms. The first-order valence-corrected chi connectivity index (χ1v) is 7.12. The Morgan fingerprint density at radius 1 is 1.27 bits per heavy atom. The highest BCUT2D eigenvalue weighted by molar-refractivity contribution is 6.33. The van der Waals surface area contributed by atoms with Crippen molar-refractivity contribution in [1.82, 2.24) is 0 Å². The van der Waals surface area contributed by atoms with Crippen molar-refractivity contribution in [1.29, 1.82) is 0 Å². The monoisotopic (exact) mass is 330 g/mol. The summed E-state index contributed by atoms with van der Waals surface area (Å²) < 4.78 is 15.1. The molecule has 0 aliphatic heterocycles. The molecule has 0 heterocycles. The molecule has 0 aliphatic rings. The molecule has 1 aromatic rings. The lowest BCUT2D eigenvalue weighted by atomic mass is 9.99. The summed E-state index contributed by atoms with van der Waals surface area (Å²) >= 11 is 6.23. The van der Waals surface area contributed by atoms with Crippen LogP contribution in [-0.4, -0.2) is 37.9 Å². The molecule has 0 radical (unpaired) electrons. The van der Waals surface area contributed by atoms with E-state index in [1.807, 2.05) is 0 Å². The fraction of sp³-hybridized carbons (Fsp3) is 0.467. The minimum absolute atomic E-state index is 0.0867. The molecule has 0 fully saturated rings. The lowest BCUT2D eigenvalue weighted by Crippen LogP contribution is -2.26. The molecule has 0 aliphatic carbocycles. The van der Waals surface area contributed by atoms with Crippen molar-refractivity contribution in [2.75, 3.05) is 20.8 Å². The predicted octanol–water partition coefficient (Wildman–Crippen LogP) is 2.55. The minimum atomic E-state index is -1.22. The Morgan fingerprint density at radius 3 is 2.45 bits per heavy atom. The highest BCUT2D eigenvalue weighted by atomic mass is 35.5. The van der Waals surface area contributed by atoms with E-state index in [1.54, 1.807) is 19.1 Å². The molecule has 0 spiro atoms. The number of aliphatic carboxylic acids is 1. The van der Waals surface area contributed by atoms with E-state index in [-0.39, 0.29) is 13.0 Å². The summed E-state index contributed by atoms with van der Waals surface area (Å²) in [5.41, 5.74) is 0.676. The van der Waals surface area contributed by atoms with Crippen LogP contribution in [-0.2, 0) is 20.7 Å². The van der Waals surface area contributed by atoms with Crippen molar-refractivity contribution in [2.24, 2.45) is 5.92 Å². The molecule has 0 saturated heterocycles. The van der Waals surface area contributed by atoms with Gasteiger partial charge in [-0.05, 0) is 31.4 Å². The molecular formula is C15H19ClO6. The van der Waals surface area contributed by atoms with E-state index in [9.17, 15) is 9.59 Å². The second-order valence-corrected chi connectivity index (χ2v) is 4.83. The van der Waals surface area contributed by atoms with Crippen molar-refractivity contribution in [3.05, 3.63) is 22.7 Å². The SMILES string of the molecule is CCOC(=O)C(CCc1ccc(OC)c(OC)c1Cl)C(=O)O. The van der Waals surface area contributed by atoms with Gasteiger partial charge >= 0.3 is 11.9 Å². The molecule has 7 heteroatoms. The van der Waals surface area contributed by atoms with Gasteiger partial charge in [-0.25, -0.2) is 0 Å². The third-order valence-electron chi connectivity index (χ3n) is 3.14. The first-order valence-electron chi connectivity index (χ1n) is 6.75. The Balaban J connectivity index is 2.90. The Bertz CT molecular complexity index is 543. The molecule has 0 aromatic heterocycles. The van der Waals surface area contributed by atoms with Crippen LogP contribution in [0, 0.1) is 5.92 Å². The smallest absolute Gasteiger partial charge is 0.320 e. The maximum absolute atomic E-state index is 11.6. The Hall–Kier alpha value is -1.95. The van der Waals surface area contributed by atoms with Crippen LogP contribution in [0.3, 0.4) is 0 Å². The van der Waals surface area contributed by atoms with Crippen molar-refractivity contribution in [2.45, 2.75) is 19.8 Å². The topological polar surface area (TPSA) is 82.1 Å². The van der Waals surface area contributed by atoms with Gasteiger partial charge in [0.2, 0.25) is 0 Å². The van der Waals surface area contributed by atoms with Gasteiger partial charge in [0.05, 0.1) is 25.8 Å². The second-order valence-electron chi connectivity index (χ2n) is 4.46. The zero-order valence-electron chi connectivity index (χ0n) is 12.7. The number of hydrogen-bond acceptors (Lipinski definition) is 5. The van der Waals surface area contributed by atoms with Gasteiger partial charge in [0, 0.05) is 0 Å². The maximum atomic E-state index is 11.6. The Morgan fingerprint density at radius 2 is 1.95 bits per heavy atom. The molecular weight excluding hydrogens is 312 g/mol. The van der Waals surface area contributed by atoms with Crippen molar-refractivity contribution < 1.29 is 28.9 Å². The van der Waals surface area contributed by atoms with Crippen LogP contribution in [0.25, 0.3) is 0 Å². The second kappa shape index (κ2) is 8.48. The predicted molar refractivity (Wildman–Crippen MR) is 80.6 cm³/mol. The number of halogens is 1. The summed E-state index contributed by atoms with van der Waals surface area (Å²) in [6, 6.07) is 3.40. The molecule has 0 saturated carbocycles. The number of carboxylic acids is 1. The summed E-state index contributed by atoms with van der Waals surface area (Å²) in [5, 5.41) is 9.46. The number of carboxylic acid groups (broad SMARTS) is 1. The largest absolute Gasteiger partial charge is 0.493 e. The summed E-state index contributed by atoms with van der Waals surface area (Å²) in [6.07, 6.45) is 0.387. The standard InChI is InChI=1S/C15H19ClO6/c1-4-22-15(19)10(14(17)18)7-5-9-6-8-11(20-2)13(21-3)12(9)16/h6,8,10H,4-5,7H2,1-3H3,(H,17,18). The van der Waals surface area contributed by atoms with Crippen LogP contribution in [0.4, 0.5) is 0 Å². The first kappa shape index (κ1) is 18.1. The molecule has 1 atom stereocenters. The van der Waals surface area contributed by atoms with E-state index in [1.165, 1.54) is 14.2 Å². The van der Waals surface area contributed by atoms with Gasteiger partial charge < -0.3 is 19.3 Å². The Labute approximate surface area is 133 Å². The molecule has 6 nitrogen and oxygen atoms in total. The fourth-order valence-corrected chi connectivity index (χ4v) is 2.34. The van der Waals surface area contributed by atoms with E-state index in [0.717, 1.165) is 0 Å². The number of ether oxygens (including phenoxy) is 3. The number of esters is 1. The van der Waals surface area contributed by atoms with Gasteiger partial charge in [0.15, 0.2) is 17.4 Å². The van der Waals surface area contributed by atoms with Gasteiger partial charge in [0.1, 0.15) is 0 Å². The van der Waals surface area contributed by atoms with Gasteiger partial charge in [0.25, 0.3) is 0 Å². The number of rotatable bonds is 8. The summed E-state index contributed by atoms with van der Waals surface area (Å²) in [7, 11) is 2.96. The third kappa shape index (κ3) is 4.27. The molecule has 1 unspecified atom stereocenters. The van der Waals surface area contributed by atoms with Crippen LogP contribution < -0.4 is 9.47 Å². The normalized spacial score (nSPS) is 11.6. The summed E-state index contributed by atoms with van der Waals surface area (Å²) in [6.45, 7) is 1.77. The average molecular weight is 331 g/mol. The number of methoxy groups -OCH3 is 2. The van der Waals surface area contributed by atoms with Crippen molar-refractivity contribution >= 4 is 23.5 Å². The van der Waals surface area contributed by atoms with Crippen LogP contribution in [0.1, 0.15) is 18.9 Å². The van der Waals surface area contributed by atoms with Crippen LogP contribution in [0.5, 0.6) is 11.5 Å². The van der Waals surface area contributed by atoms with Crippen LogP contribution in [0.15, 0.2) is 12.1 Å². The maximum Gasteiger partial charge on any atom is 0.320 e. The summed E-state index contributed by atoms with van der Waals surface area (Å²) in [5.74, 6) is -2.31. The lowest BCUT2D eigenvalue weighted by Gasteiger charge is -2.14. The van der Waals surface area contributed by atoms with Crippen LogP contribution >= 0.6 is 11.6 Å². The molecule has 1 N–H and O–H groups in total. The van der Waals surface area contributed by atoms with Gasteiger partial charge in [-0.1, -0.05) is 17.7 Å². The molecule has 0 amide bonds. The quantitative estimate of drug-likeness (QED) is 0.582. The molecule has 22 heavy (non-hydrogen) atoms. The minimum Gasteiger partial charge on any atom is -0.493 e. The lowest BCUT2D eigenvalue weighted by molar-refractivity contribution is -0.158. The van der Waals surface area contributed by atoms with E-state index < -0.39 is 17.9 Å². The summed E-state index contributed by atoms with van der Waals surface area (Å²) in [4.78, 5) is 22.8. The Kier molecular flexibility index (Phi) is 6.98. The first-order chi connectivity index (χ1) is 10.5. The number of hydrogen-bond donors (Lipinski definition) is 1. The molecule has 122 valence electrons. The van der Waals surface area contributed by atoms with E-state index in [2.05, 4.69) is 0 Å². The zero-order valence-corrected chi connectivity index (χ0v) is 13.5. The number of benzene rings is 1. The number of carbonyl (C=O) groups excluding carboxylic acids is 1. The van der Waals surface area contributed by atoms with Crippen LogP contribution in [0.2, 0.25) is 5.02 Å². The molecule has 1 rings (SSSR count). The van der Waals surface area contributed by atoms with Gasteiger partial charge in [-0.3, -0.25) is 9.59 Å². The van der Waals surface area contributed by atoms with Crippen molar-refractivity contribution in [3.63, 3.8) is 0 Å². The van der Waals surface area contributed by atoms with Gasteiger partial charge in [-0.15, -0.1) is 0 Å². The third-order valence-corrected chi connectivity index (χ3v) is 3.55. The van der Waals surface area contributed by atoms with Crippen molar-refractivity contribution in [3.8, 4) is 11.5 Å². The van der Waals surface area contributed by atoms with E-state index in [0.29, 0.717) is 28.5 Å². The van der Waals surface area contributed by atoms with Gasteiger partial charge in [-0.2, -0.15) is 0 Å². The highest BCUT2D eigenvalue weighted by Gasteiger charge is 2.28. The van der Waals surface area contributed by atoms with E-state index >= 15 is 0 Å². The zero-order chi connectivity index (χ0) is 16.7. The highest BCUT2D eigenvalue weighted by Crippen LogP contribution is 2.38. The number of carbonyl (C=O) groups is 2. The van der Waals surface area contributed by atoms with E-state index in [4.69, 9.17) is 30.9 Å². The molecule has 1 aromatic carbocycles.